The van der Waals surface area contributed by atoms with E-state index in [1.54, 1.807) is 39.2 Å². The van der Waals surface area contributed by atoms with Crippen LogP contribution in [0.4, 0.5) is 0 Å². The molecule has 2 rings (SSSR count). The van der Waals surface area contributed by atoms with E-state index in [-0.39, 0.29) is 12.5 Å². The van der Waals surface area contributed by atoms with Gasteiger partial charge in [0.2, 0.25) is 0 Å². The van der Waals surface area contributed by atoms with Crippen molar-refractivity contribution in [2.45, 2.75) is 19.9 Å². The SMILES string of the molecule is CCOc1cc([C@H]2NC(=S)NC(C)=C2C(=O)OC)ccc1OCC(=O)N(C)C. The summed E-state index contributed by atoms with van der Waals surface area (Å²) in [5.74, 6) is 0.292. The lowest BCUT2D eigenvalue weighted by Gasteiger charge is -2.30. The van der Waals surface area contributed by atoms with Crippen LogP contribution in [-0.2, 0) is 14.3 Å². The van der Waals surface area contributed by atoms with E-state index in [1.807, 2.05) is 6.92 Å². The topological polar surface area (TPSA) is 89.1 Å². The minimum absolute atomic E-state index is 0.103. The van der Waals surface area contributed by atoms with Gasteiger partial charge >= 0.3 is 5.97 Å². The number of allylic oxidation sites excluding steroid dienone is 1. The van der Waals surface area contributed by atoms with Crippen LogP contribution < -0.4 is 20.1 Å². The van der Waals surface area contributed by atoms with Gasteiger partial charge < -0.3 is 29.7 Å². The molecule has 0 unspecified atom stereocenters. The highest BCUT2D eigenvalue weighted by Crippen LogP contribution is 2.34. The third-order valence-corrected chi connectivity index (χ3v) is 4.35. The Hall–Kier alpha value is -2.81. The molecule has 8 nitrogen and oxygen atoms in total. The molecule has 0 saturated heterocycles. The van der Waals surface area contributed by atoms with Crippen LogP contribution in [0.2, 0.25) is 0 Å². The molecule has 1 amide bonds. The Labute approximate surface area is 169 Å². The van der Waals surface area contributed by atoms with Gasteiger partial charge in [-0.2, -0.15) is 0 Å². The molecule has 0 aromatic heterocycles. The Bertz CT molecular complexity index is 807. The molecule has 0 saturated carbocycles. The van der Waals surface area contributed by atoms with Crippen molar-refractivity contribution in [3.8, 4) is 11.5 Å². The van der Waals surface area contributed by atoms with Crippen LogP contribution in [0.25, 0.3) is 0 Å². The predicted molar refractivity (Wildman–Crippen MR) is 108 cm³/mol. The van der Waals surface area contributed by atoms with E-state index < -0.39 is 12.0 Å². The van der Waals surface area contributed by atoms with Crippen LogP contribution in [0.3, 0.4) is 0 Å². The highest BCUT2D eigenvalue weighted by atomic mass is 32.1. The summed E-state index contributed by atoms with van der Waals surface area (Å²) in [5, 5.41) is 6.43. The summed E-state index contributed by atoms with van der Waals surface area (Å²) in [6, 6.07) is 4.76. The molecule has 9 heteroatoms. The fraction of sp³-hybridized carbons (Fsp3) is 0.421. The first-order valence-corrected chi connectivity index (χ1v) is 9.15. The van der Waals surface area contributed by atoms with Crippen molar-refractivity contribution in [2.24, 2.45) is 0 Å². The van der Waals surface area contributed by atoms with Crippen molar-refractivity contribution in [3.05, 3.63) is 35.0 Å². The van der Waals surface area contributed by atoms with Crippen molar-refractivity contribution in [1.29, 1.82) is 0 Å². The van der Waals surface area contributed by atoms with Gasteiger partial charge in [-0.25, -0.2) is 4.79 Å². The summed E-state index contributed by atoms with van der Waals surface area (Å²) in [6.45, 7) is 3.93. The molecule has 1 heterocycles. The van der Waals surface area contributed by atoms with Crippen LogP contribution in [0.15, 0.2) is 29.5 Å². The van der Waals surface area contributed by atoms with Crippen LogP contribution in [-0.4, -0.2) is 56.3 Å². The van der Waals surface area contributed by atoms with Crippen LogP contribution in [0, 0.1) is 0 Å². The highest BCUT2D eigenvalue weighted by Gasteiger charge is 2.31. The smallest absolute Gasteiger partial charge is 0.337 e. The van der Waals surface area contributed by atoms with Crippen molar-refractivity contribution in [3.63, 3.8) is 0 Å². The minimum atomic E-state index is -0.502. The lowest BCUT2D eigenvalue weighted by Crippen LogP contribution is -2.45. The number of benzene rings is 1. The Morgan fingerprint density at radius 1 is 1.21 bits per heavy atom. The number of thiocarbonyl (C=S) groups is 1. The summed E-state index contributed by atoms with van der Waals surface area (Å²) in [6.07, 6.45) is 0. The molecule has 0 spiro atoms. The third-order valence-electron chi connectivity index (χ3n) is 4.13. The van der Waals surface area contributed by atoms with Gasteiger partial charge in [-0.1, -0.05) is 6.07 Å². The fourth-order valence-corrected chi connectivity index (χ4v) is 2.96. The standard InChI is InChI=1S/C19H25N3O5S/c1-6-26-14-9-12(7-8-13(14)27-10-15(23)22(3)4)17-16(18(24)25-5)11(2)20-19(28)21-17/h7-9,17H,6,10H2,1-5H3,(H2,20,21,28)/t17-/m1/s1. The van der Waals surface area contributed by atoms with E-state index >= 15 is 0 Å². The molecule has 1 aromatic rings. The van der Waals surface area contributed by atoms with Crippen molar-refractivity contribution < 1.29 is 23.8 Å². The van der Waals surface area contributed by atoms with Crippen LogP contribution >= 0.6 is 12.2 Å². The first-order valence-electron chi connectivity index (χ1n) is 8.74. The highest BCUT2D eigenvalue weighted by molar-refractivity contribution is 7.80. The zero-order valence-electron chi connectivity index (χ0n) is 16.6. The maximum atomic E-state index is 12.3. The van der Waals surface area contributed by atoms with E-state index in [0.717, 1.165) is 5.56 Å². The van der Waals surface area contributed by atoms with Crippen molar-refractivity contribution in [1.82, 2.24) is 15.5 Å². The molecule has 1 aliphatic rings. The predicted octanol–water partition coefficient (Wildman–Crippen LogP) is 1.52. The second-order valence-corrected chi connectivity index (χ2v) is 6.69. The lowest BCUT2D eigenvalue weighted by atomic mass is 9.95. The molecule has 0 bridgehead atoms. The number of rotatable bonds is 7. The quantitative estimate of drug-likeness (QED) is 0.520. The first kappa shape index (κ1) is 21.5. The Balaban J connectivity index is 2.38. The number of methoxy groups -OCH3 is 1. The molecule has 0 fully saturated rings. The average molecular weight is 407 g/mol. The number of nitrogens with zero attached hydrogens (tertiary/aromatic N) is 1. The Kier molecular flexibility index (Phi) is 7.22. The molecule has 2 N–H and O–H groups in total. The summed E-state index contributed by atoms with van der Waals surface area (Å²) < 4.78 is 16.2. The molecule has 0 aliphatic carbocycles. The molecule has 28 heavy (non-hydrogen) atoms. The zero-order valence-corrected chi connectivity index (χ0v) is 17.4. The maximum Gasteiger partial charge on any atom is 0.337 e. The number of hydrogen-bond donors (Lipinski definition) is 2. The summed E-state index contributed by atoms with van der Waals surface area (Å²) in [4.78, 5) is 25.5. The monoisotopic (exact) mass is 407 g/mol. The summed E-state index contributed by atoms with van der Waals surface area (Å²) >= 11 is 5.23. The number of likely N-dealkylation sites (N-methyl/N-ethyl adjacent to an activating group) is 1. The second kappa shape index (κ2) is 9.41. The van der Waals surface area contributed by atoms with E-state index in [4.69, 9.17) is 26.4 Å². The first-order chi connectivity index (χ1) is 13.3. The molecular formula is C19H25N3O5S. The van der Waals surface area contributed by atoms with Gasteiger partial charge in [-0.3, -0.25) is 4.79 Å². The van der Waals surface area contributed by atoms with Gasteiger partial charge in [0.15, 0.2) is 23.2 Å². The molecule has 1 aliphatic heterocycles. The van der Waals surface area contributed by atoms with Crippen LogP contribution in [0.1, 0.15) is 25.5 Å². The summed E-state index contributed by atoms with van der Waals surface area (Å²) in [7, 11) is 4.65. The maximum absolute atomic E-state index is 12.3. The summed E-state index contributed by atoms with van der Waals surface area (Å²) in [5.41, 5.74) is 1.80. The van der Waals surface area contributed by atoms with Crippen LogP contribution in [0.5, 0.6) is 11.5 Å². The van der Waals surface area contributed by atoms with E-state index in [9.17, 15) is 9.59 Å². The van der Waals surface area contributed by atoms with Gasteiger partial charge in [0.1, 0.15) is 0 Å². The van der Waals surface area contributed by atoms with Crippen molar-refractivity contribution >= 4 is 29.2 Å². The number of hydrogen-bond acceptors (Lipinski definition) is 6. The molecule has 1 aromatic carbocycles. The van der Waals surface area contributed by atoms with Gasteiger partial charge in [-0.05, 0) is 43.8 Å². The van der Waals surface area contributed by atoms with E-state index in [2.05, 4.69) is 10.6 Å². The number of carbonyl (C=O) groups excluding carboxylic acids is 2. The Morgan fingerprint density at radius 3 is 2.54 bits per heavy atom. The van der Waals surface area contributed by atoms with E-state index in [0.29, 0.717) is 34.5 Å². The zero-order chi connectivity index (χ0) is 20.8. The number of carbonyl (C=O) groups is 2. The van der Waals surface area contributed by atoms with E-state index in [1.165, 1.54) is 12.0 Å². The van der Waals surface area contributed by atoms with Gasteiger partial charge in [0, 0.05) is 19.8 Å². The van der Waals surface area contributed by atoms with Gasteiger partial charge in [-0.15, -0.1) is 0 Å². The number of amides is 1. The van der Waals surface area contributed by atoms with Crippen molar-refractivity contribution in [2.75, 3.05) is 34.4 Å². The third kappa shape index (κ3) is 4.92. The molecule has 0 radical (unpaired) electrons. The molecular weight excluding hydrogens is 382 g/mol. The lowest BCUT2D eigenvalue weighted by molar-refractivity contribution is -0.136. The largest absolute Gasteiger partial charge is 0.490 e. The number of nitrogens with one attached hydrogen (secondary N) is 2. The second-order valence-electron chi connectivity index (χ2n) is 6.28. The normalized spacial score (nSPS) is 16.0. The van der Waals surface area contributed by atoms with Gasteiger partial charge in [0.05, 0.1) is 25.3 Å². The number of esters is 1. The Morgan fingerprint density at radius 2 is 1.93 bits per heavy atom. The molecule has 152 valence electrons. The fourth-order valence-electron chi connectivity index (χ4n) is 2.68. The number of ether oxygens (including phenoxy) is 3. The minimum Gasteiger partial charge on any atom is -0.490 e. The van der Waals surface area contributed by atoms with Gasteiger partial charge in [0.25, 0.3) is 5.91 Å². The molecule has 1 atom stereocenters. The average Bonchev–Trinajstić information content (AvgIpc) is 2.65.